The first-order valence-corrected chi connectivity index (χ1v) is 16.3. The molecule has 2 heterocycles. The number of hydrogen-bond donors (Lipinski definition) is 0. The molecular weight excluding hydrogens is 578 g/mol. The van der Waals surface area contributed by atoms with E-state index in [2.05, 4.69) is 24.0 Å². The van der Waals surface area contributed by atoms with E-state index >= 15 is 0 Å². The van der Waals surface area contributed by atoms with Crippen molar-refractivity contribution in [3.8, 4) is 23.0 Å². The highest BCUT2D eigenvalue weighted by molar-refractivity contribution is 5.95. The lowest BCUT2D eigenvalue weighted by Crippen LogP contribution is -2.33. The van der Waals surface area contributed by atoms with Crippen LogP contribution in [0.2, 0.25) is 0 Å². The zero-order valence-corrected chi connectivity index (χ0v) is 28.1. The quantitative estimate of drug-likeness (QED) is 0.121. The first kappa shape index (κ1) is 33.3. The summed E-state index contributed by atoms with van der Waals surface area (Å²) in [5, 5.41) is 0. The summed E-state index contributed by atoms with van der Waals surface area (Å²) in [5.74, 6) is 2.41. The summed E-state index contributed by atoms with van der Waals surface area (Å²) in [6, 6.07) is 21.6. The highest BCUT2D eigenvalue weighted by Gasteiger charge is 2.30. The summed E-state index contributed by atoms with van der Waals surface area (Å²) in [4.78, 5) is 26.4. The monoisotopic (exact) mass is 625 g/mol. The van der Waals surface area contributed by atoms with Gasteiger partial charge in [-0.05, 0) is 121 Å². The third-order valence-electron chi connectivity index (χ3n) is 8.49. The van der Waals surface area contributed by atoms with E-state index in [-0.39, 0.29) is 12.6 Å². The van der Waals surface area contributed by atoms with Gasteiger partial charge in [0.2, 0.25) is 0 Å². The zero-order valence-electron chi connectivity index (χ0n) is 28.1. The first-order chi connectivity index (χ1) is 21.9. The van der Waals surface area contributed by atoms with Crippen LogP contribution in [0.25, 0.3) is 11.1 Å². The van der Waals surface area contributed by atoms with Crippen molar-refractivity contribution in [2.45, 2.75) is 66.9 Å². The van der Waals surface area contributed by atoms with E-state index in [1.165, 1.54) is 19.3 Å². The number of rotatable bonds is 11. The minimum Gasteiger partial charge on any atom is -0.492 e. The van der Waals surface area contributed by atoms with Crippen LogP contribution >= 0.6 is 0 Å². The molecule has 0 saturated carbocycles. The molecule has 0 spiro atoms. The van der Waals surface area contributed by atoms with Crippen molar-refractivity contribution in [1.29, 1.82) is 0 Å². The molecule has 46 heavy (non-hydrogen) atoms. The van der Waals surface area contributed by atoms with E-state index in [9.17, 15) is 9.59 Å². The van der Waals surface area contributed by atoms with Crippen molar-refractivity contribution < 1.29 is 28.5 Å². The Labute approximate surface area is 273 Å². The number of carbonyl (C=O) groups excluding carboxylic acids is 2. The predicted molar refractivity (Wildman–Crippen MR) is 181 cm³/mol. The SMILES string of the molecule is CC1=C(c2ccc(OC(=O)C(C)(C)C)cc2)[C@@H](c2ccc(OCCN3CCCCC3)cc2)Oc2cc(OCC(C)(C)C=O)ccc21. The van der Waals surface area contributed by atoms with Crippen LogP contribution in [0, 0.1) is 10.8 Å². The lowest BCUT2D eigenvalue weighted by atomic mass is 9.86. The third-order valence-corrected chi connectivity index (χ3v) is 8.49. The fraction of sp³-hybridized carbons (Fsp3) is 0.436. The van der Waals surface area contributed by atoms with Crippen molar-refractivity contribution >= 4 is 23.4 Å². The second-order valence-electron chi connectivity index (χ2n) is 14.1. The Hall–Kier alpha value is -4.10. The molecule has 5 rings (SSSR count). The Morgan fingerprint density at radius 3 is 2.17 bits per heavy atom. The van der Waals surface area contributed by atoms with Gasteiger partial charge in [-0.3, -0.25) is 9.69 Å². The summed E-state index contributed by atoms with van der Waals surface area (Å²) in [6.45, 7) is 15.5. The van der Waals surface area contributed by atoms with Crippen molar-refractivity contribution in [2.75, 3.05) is 32.8 Å². The molecule has 1 atom stereocenters. The highest BCUT2D eigenvalue weighted by atomic mass is 16.5. The predicted octanol–water partition coefficient (Wildman–Crippen LogP) is 8.17. The topological polar surface area (TPSA) is 74.3 Å². The zero-order chi connectivity index (χ0) is 32.9. The average Bonchev–Trinajstić information content (AvgIpc) is 3.04. The van der Waals surface area contributed by atoms with Crippen LogP contribution in [-0.4, -0.2) is 50.0 Å². The van der Waals surface area contributed by atoms with E-state index in [4.69, 9.17) is 18.9 Å². The number of benzene rings is 3. The molecule has 244 valence electrons. The summed E-state index contributed by atoms with van der Waals surface area (Å²) in [6.07, 6.45) is 4.37. The fourth-order valence-corrected chi connectivity index (χ4v) is 5.61. The van der Waals surface area contributed by atoms with E-state index in [0.29, 0.717) is 23.9 Å². The van der Waals surface area contributed by atoms with Gasteiger partial charge in [0.1, 0.15) is 42.0 Å². The number of ether oxygens (including phenoxy) is 4. The maximum Gasteiger partial charge on any atom is 0.316 e. The number of hydrogen-bond acceptors (Lipinski definition) is 7. The lowest BCUT2D eigenvalue weighted by Gasteiger charge is -2.31. The van der Waals surface area contributed by atoms with Gasteiger partial charge in [0.25, 0.3) is 0 Å². The van der Waals surface area contributed by atoms with Crippen molar-refractivity contribution in [3.05, 3.63) is 83.4 Å². The molecule has 3 aromatic rings. The number of piperidine rings is 1. The second-order valence-corrected chi connectivity index (χ2v) is 14.1. The van der Waals surface area contributed by atoms with Crippen LogP contribution in [0.1, 0.15) is 83.6 Å². The van der Waals surface area contributed by atoms with Crippen molar-refractivity contribution in [1.82, 2.24) is 4.90 Å². The van der Waals surface area contributed by atoms with Crippen LogP contribution in [0.3, 0.4) is 0 Å². The third kappa shape index (κ3) is 8.18. The van der Waals surface area contributed by atoms with Crippen LogP contribution in [0.5, 0.6) is 23.0 Å². The Bertz CT molecular complexity index is 1540. The molecule has 0 unspecified atom stereocenters. The summed E-state index contributed by atoms with van der Waals surface area (Å²) >= 11 is 0. The second kappa shape index (κ2) is 14.1. The van der Waals surface area contributed by atoms with E-state index in [0.717, 1.165) is 59.5 Å². The summed E-state index contributed by atoms with van der Waals surface area (Å²) in [5.41, 5.74) is 3.84. The molecule has 1 fully saturated rings. The average molecular weight is 626 g/mol. The van der Waals surface area contributed by atoms with Gasteiger partial charge < -0.3 is 23.7 Å². The molecule has 0 radical (unpaired) electrons. The van der Waals surface area contributed by atoms with E-state index < -0.39 is 16.9 Å². The highest BCUT2D eigenvalue weighted by Crippen LogP contribution is 2.48. The molecule has 7 heteroatoms. The van der Waals surface area contributed by atoms with Gasteiger partial charge in [0, 0.05) is 23.7 Å². The van der Waals surface area contributed by atoms with Gasteiger partial charge in [-0.15, -0.1) is 0 Å². The Balaban J connectivity index is 1.42. The molecule has 0 N–H and O–H groups in total. The minimum atomic E-state index is -0.598. The van der Waals surface area contributed by atoms with E-state index in [1.807, 2.05) is 89.2 Å². The van der Waals surface area contributed by atoms with Gasteiger partial charge >= 0.3 is 5.97 Å². The van der Waals surface area contributed by atoms with Crippen molar-refractivity contribution in [2.24, 2.45) is 10.8 Å². The van der Waals surface area contributed by atoms with Crippen molar-refractivity contribution in [3.63, 3.8) is 0 Å². The molecule has 0 aliphatic carbocycles. The molecule has 1 saturated heterocycles. The fourth-order valence-electron chi connectivity index (χ4n) is 5.61. The molecule has 2 aliphatic rings. The number of aldehydes is 1. The molecule has 7 nitrogen and oxygen atoms in total. The molecular formula is C39H47NO6. The Morgan fingerprint density at radius 1 is 0.870 bits per heavy atom. The maximum atomic E-state index is 12.5. The van der Waals surface area contributed by atoms with Gasteiger partial charge in [0.15, 0.2) is 0 Å². The van der Waals surface area contributed by atoms with Crippen LogP contribution in [0.4, 0.5) is 0 Å². The molecule has 0 amide bonds. The van der Waals surface area contributed by atoms with Gasteiger partial charge in [-0.25, -0.2) is 0 Å². The minimum absolute atomic E-state index is 0.268. The van der Waals surface area contributed by atoms with Gasteiger partial charge in [0.05, 0.1) is 17.4 Å². The van der Waals surface area contributed by atoms with E-state index in [1.54, 1.807) is 0 Å². The first-order valence-electron chi connectivity index (χ1n) is 16.3. The maximum absolute atomic E-state index is 12.5. The Morgan fingerprint density at radius 2 is 1.52 bits per heavy atom. The molecule has 0 bridgehead atoms. The number of likely N-dealkylation sites (tertiary alicyclic amines) is 1. The number of nitrogens with zero attached hydrogens (tertiary/aromatic N) is 1. The Kier molecular flexibility index (Phi) is 10.2. The van der Waals surface area contributed by atoms with Gasteiger partial charge in [-0.1, -0.05) is 30.7 Å². The van der Waals surface area contributed by atoms with Crippen LogP contribution in [-0.2, 0) is 9.59 Å². The molecule has 2 aliphatic heterocycles. The molecule has 3 aromatic carbocycles. The number of allylic oxidation sites excluding steroid dienone is 1. The van der Waals surface area contributed by atoms with Crippen LogP contribution in [0.15, 0.2) is 66.7 Å². The number of carbonyl (C=O) groups is 2. The lowest BCUT2D eigenvalue weighted by molar-refractivity contribution is -0.143. The summed E-state index contributed by atoms with van der Waals surface area (Å²) < 4.78 is 24.5. The normalized spacial score (nSPS) is 17.1. The summed E-state index contributed by atoms with van der Waals surface area (Å²) in [7, 11) is 0. The molecule has 0 aromatic heterocycles. The van der Waals surface area contributed by atoms with Gasteiger partial charge in [-0.2, -0.15) is 0 Å². The smallest absolute Gasteiger partial charge is 0.316 e. The largest absolute Gasteiger partial charge is 0.492 e. The number of fused-ring (bicyclic) bond motifs is 1. The van der Waals surface area contributed by atoms with Crippen LogP contribution < -0.4 is 18.9 Å². The number of esters is 1. The standard InChI is InChI=1S/C39H47NO6/c1-27-33-19-18-32(44-26-39(5,6)25-41)24-34(33)46-36(35(27)28-10-16-31(17-11-28)45-37(42)38(2,3)4)29-12-14-30(15-13-29)43-23-22-40-20-8-7-9-21-40/h10-19,24-25,36H,7-9,20-23,26H2,1-6H3/t36-/m1/s1.